The lowest BCUT2D eigenvalue weighted by molar-refractivity contribution is 0.326. The SMILES string of the molecule is I.NC(=NCC1CCC1)NCCc1csc(-c2ccccc2)n1. The second kappa shape index (κ2) is 9.22. The zero-order valence-corrected chi connectivity index (χ0v) is 16.2. The lowest BCUT2D eigenvalue weighted by Gasteiger charge is -2.23. The number of thiazole rings is 1. The molecule has 1 aromatic carbocycles. The summed E-state index contributed by atoms with van der Waals surface area (Å²) in [6, 6.07) is 10.3. The third-order valence-electron chi connectivity index (χ3n) is 4.00. The maximum Gasteiger partial charge on any atom is 0.188 e. The second-order valence-electron chi connectivity index (χ2n) is 5.71. The van der Waals surface area contributed by atoms with Gasteiger partial charge in [0.1, 0.15) is 5.01 Å². The molecule has 6 heteroatoms. The van der Waals surface area contributed by atoms with Gasteiger partial charge in [0.2, 0.25) is 0 Å². The zero-order chi connectivity index (χ0) is 15.2. The fraction of sp³-hybridized carbons (Fsp3) is 0.412. The monoisotopic (exact) mass is 442 g/mol. The zero-order valence-electron chi connectivity index (χ0n) is 13.1. The van der Waals surface area contributed by atoms with E-state index in [1.165, 1.54) is 24.8 Å². The number of rotatable bonds is 6. The molecule has 1 aliphatic rings. The number of halogens is 1. The largest absolute Gasteiger partial charge is 0.370 e. The first kappa shape index (κ1) is 18.2. The third kappa shape index (κ3) is 5.46. The van der Waals surface area contributed by atoms with E-state index >= 15 is 0 Å². The summed E-state index contributed by atoms with van der Waals surface area (Å²) in [6.07, 6.45) is 4.82. The molecule has 0 radical (unpaired) electrons. The minimum absolute atomic E-state index is 0. The van der Waals surface area contributed by atoms with E-state index in [9.17, 15) is 0 Å². The van der Waals surface area contributed by atoms with Crippen molar-refractivity contribution in [1.29, 1.82) is 0 Å². The number of aliphatic imine (C=N–C) groups is 1. The molecular weight excluding hydrogens is 419 g/mol. The van der Waals surface area contributed by atoms with Crippen molar-refractivity contribution in [2.75, 3.05) is 13.1 Å². The highest BCUT2D eigenvalue weighted by Crippen LogP contribution is 2.26. The van der Waals surface area contributed by atoms with Crippen molar-refractivity contribution < 1.29 is 0 Å². The van der Waals surface area contributed by atoms with Crippen LogP contribution in [0.1, 0.15) is 25.0 Å². The van der Waals surface area contributed by atoms with Crippen LogP contribution in [0.4, 0.5) is 0 Å². The number of hydrogen-bond acceptors (Lipinski definition) is 3. The summed E-state index contributed by atoms with van der Waals surface area (Å²) in [7, 11) is 0. The van der Waals surface area contributed by atoms with Gasteiger partial charge in [0.05, 0.1) is 5.69 Å². The van der Waals surface area contributed by atoms with Gasteiger partial charge >= 0.3 is 0 Å². The van der Waals surface area contributed by atoms with Crippen LogP contribution in [0.25, 0.3) is 10.6 Å². The van der Waals surface area contributed by atoms with Gasteiger partial charge < -0.3 is 11.1 Å². The van der Waals surface area contributed by atoms with E-state index < -0.39 is 0 Å². The molecule has 23 heavy (non-hydrogen) atoms. The van der Waals surface area contributed by atoms with Crippen molar-refractivity contribution in [2.45, 2.75) is 25.7 Å². The van der Waals surface area contributed by atoms with Gasteiger partial charge in [0, 0.05) is 30.5 Å². The van der Waals surface area contributed by atoms with Crippen molar-refractivity contribution in [3.63, 3.8) is 0 Å². The van der Waals surface area contributed by atoms with Gasteiger partial charge in [0.15, 0.2) is 5.96 Å². The summed E-state index contributed by atoms with van der Waals surface area (Å²) >= 11 is 1.69. The summed E-state index contributed by atoms with van der Waals surface area (Å²) in [6.45, 7) is 1.64. The van der Waals surface area contributed by atoms with Crippen molar-refractivity contribution in [3.05, 3.63) is 41.4 Å². The first-order valence-corrected chi connectivity index (χ1v) is 8.73. The van der Waals surface area contributed by atoms with Crippen LogP contribution < -0.4 is 11.1 Å². The third-order valence-corrected chi connectivity index (χ3v) is 4.94. The van der Waals surface area contributed by atoms with E-state index in [2.05, 4.69) is 32.8 Å². The van der Waals surface area contributed by atoms with Crippen molar-refractivity contribution in [1.82, 2.24) is 10.3 Å². The Kier molecular flexibility index (Phi) is 7.29. The number of nitrogens with one attached hydrogen (secondary N) is 1. The molecule has 0 spiro atoms. The summed E-state index contributed by atoms with van der Waals surface area (Å²) in [5.74, 6) is 1.32. The standard InChI is InChI=1S/C17H22N4S.HI/c18-17(20-11-13-5-4-6-13)19-10-9-15-12-22-16(21-15)14-7-2-1-3-8-14;/h1-3,7-8,12-13H,4-6,9-11H2,(H3,18,19,20);1H. The van der Waals surface area contributed by atoms with Gasteiger partial charge in [-0.25, -0.2) is 4.98 Å². The second-order valence-corrected chi connectivity index (χ2v) is 6.57. The van der Waals surface area contributed by atoms with Crippen LogP contribution in [-0.2, 0) is 6.42 Å². The molecule has 0 saturated heterocycles. The van der Waals surface area contributed by atoms with Gasteiger partial charge in [-0.15, -0.1) is 35.3 Å². The van der Waals surface area contributed by atoms with E-state index in [-0.39, 0.29) is 24.0 Å². The number of guanidine groups is 1. The van der Waals surface area contributed by atoms with Gasteiger partial charge in [-0.1, -0.05) is 36.8 Å². The molecule has 0 unspecified atom stereocenters. The highest BCUT2D eigenvalue weighted by atomic mass is 127. The topological polar surface area (TPSA) is 63.3 Å². The molecule has 1 aromatic heterocycles. The summed E-state index contributed by atoms with van der Waals surface area (Å²) in [4.78, 5) is 9.07. The Bertz CT molecular complexity index is 623. The molecule has 124 valence electrons. The molecule has 2 aromatic rings. The van der Waals surface area contributed by atoms with Gasteiger partial charge in [-0.2, -0.15) is 0 Å². The Morgan fingerprint density at radius 1 is 1.30 bits per heavy atom. The number of nitrogens with zero attached hydrogens (tertiary/aromatic N) is 2. The molecule has 3 N–H and O–H groups in total. The maximum absolute atomic E-state index is 5.88. The Labute approximate surface area is 158 Å². The average molecular weight is 442 g/mol. The molecule has 1 fully saturated rings. The van der Waals surface area contributed by atoms with Crippen molar-refractivity contribution in [3.8, 4) is 10.6 Å². The molecule has 0 atom stereocenters. The van der Waals surface area contributed by atoms with E-state index in [1.54, 1.807) is 11.3 Å². The van der Waals surface area contributed by atoms with Gasteiger partial charge in [0.25, 0.3) is 0 Å². The Morgan fingerprint density at radius 2 is 2.09 bits per heavy atom. The van der Waals surface area contributed by atoms with Crippen LogP contribution in [0.3, 0.4) is 0 Å². The summed E-state index contributed by atoms with van der Waals surface area (Å²) in [5, 5.41) is 6.36. The normalized spacial score (nSPS) is 14.9. The quantitative estimate of drug-likeness (QED) is 0.408. The van der Waals surface area contributed by atoms with Crippen LogP contribution in [0.2, 0.25) is 0 Å². The summed E-state index contributed by atoms with van der Waals surface area (Å²) in [5.41, 5.74) is 8.16. The fourth-order valence-electron chi connectivity index (χ4n) is 2.41. The Balaban J connectivity index is 0.00000192. The van der Waals surface area contributed by atoms with Crippen LogP contribution in [0, 0.1) is 5.92 Å². The van der Waals surface area contributed by atoms with Crippen LogP contribution in [0.5, 0.6) is 0 Å². The Morgan fingerprint density at radius 3 is 2.78 bits per heavy atom. The highest BCUT2D eigenvalue weighted by molar-refractivity contribution is 14.0. The molecule has 0 aliphatic heterocycles. The van der Waals surface area contributed by atoms with Crippen molar-refractivity contribution >= 4 is 41.3 Å². The lowest BCUT2D eigenvalue weighted by atomic mass is 9.86. The van der Waals surface area contributed by atoms with E-state index in [0.29, 0.717) is 5.96 Å². The predicted octanol–water partition coefficient (Wildman–Crippen LogP) is 3.68. The molecular formula is C17H23IN4S. The van der Waals surface area contributed by atoms with Gasteiger partial charge in [-0.3, -0.25) is 4.99 Å². The average Bonchev–Trinajstić information content (AvgIpc) is 2.95. The molecule has 3 rings (SSSR count). The minimum Gasteiger partial charge on any atom is -0.370 e. The molecule has 4 nitrogen and oxygen atoms in total. The number of hydrogen-bond donors (Lipinski definition) is 2. The van der Waals surface area contributed by atoms with Crippen LogP contribution in [0.15, 0.2) is 40.7 Å². The summed E-state index contributed by atoms with van der Waals surface area (Å²) < 4.78 is 0. The highest BCUT2D eigenvalue weighted by Gasteiger charge is 2.16. The molecule has 0 amide bonds. The smallest absolute Gasteiger partial charge is 0.188 e. The van der Waals surface area contributed by atoms with E-state index in [4.69, 9.17) is 5.73 Å². The number of benzene rings is 1. The number of aromatic nitrogens is 1. The minimum atomic E-state index is 0. The maximum atomic E-state index is 5.88. The fourth-order valence-corrected chi connectivity index (χ4v) is 3.27. The first-order valence-electron chi connectivity index (χ1n) is 7.85. The van der Waals surface area contributed by atoms with Gasteiger partial charge in [-0.05, 0) is 18.8 Å². The molecule has 1 saturated carbocycles. The van der Waals surface area contributed by atoms with Crippen LogP contribution >= 0.6 is 35.3 Å². The van der Waals surface area contributed by atoms with Crippen LogP contribution in [-0.4, -0.2) is 24.0 Å². The Hall–Kier alpha value is -1.15. The molecule has 1 heterocycles. The predicted molar refractivity (Wildman–Crippen MR) is 109 cm³/mol. The molecule has 0 bridgehead atoms. The molecule has 1 aliphatic carbocycles. The number of nitrogens with two attached hydrogens (primary N) is 1. The van der Waals surface area contributed by atoms with E-state index in [0.717, 1.165) is 36.1 Å². The van der Waals surface area contributed by atoms with E-state index in [1.807, 2.05) is 18.2 Å². The first-order chi connectivity index (χ1) is 10.8. The van der Waals surface area contributed by atoms with Crippen molar-refractivity contribution in [2.24, 2.45) is 16.6 Å². The lowest BCUT2D eigenvalue weighted by Crippen LogP contribution is -2.34.